The molecule has 0 fully saturated rings. The average Bonchev–Trinajstić information content (AvgIpc) is 2.77. The van der Waals surface area contributed by atoms with Gasteiger partial charge in [0, 0.05) is 20.7 Å². The molecule has 0 spiro atoms. The summed E-state index contributed by atoms with van der Waals surface area (Å²) in [4.78, 5) is 6.41. The Kier molecular flexibility index (Phi) is 6.00. The van der Waals surface area contributed by atoms with Crippen LogP contribution in [0.3, 0.4) is 0 Å². The van der Waals surface area contributed by atoms with Gasteiger partial charge in [-0.3, -0.25) is 0 Å². The van der Waals surface area contributed by atoms with Crippen molar-refractivity contribution >= 4 is 6.01 Å². The van der Waals surface area contributed by atoms with Crippen LogP contribution >= 0.6 is 0 Å². The van der Waals surface area contributed by atoms with Crippen LogP contribution in [0.15, 0.2) is 10.7 Å². The van der Waals surface area contributed by atoms with Crippen LogP contribution in [-0.2, 0) is 11.3 Å². The number of nitrogens with one attached hydrogen (secondary N) is 1. The molecule has 1 unspecified atom stereocenters. The maximum Gasteiger partial charge on any atom is 0.297 e. The summed E-state index contributed by atoms with van der Waals surface area (Å²) in [6.45, 7) is 6.62. The van der Waals surface area contributed by atoms with Crippen LogP contribution in [0.25, 0.3) is 0 Å². The van der Waals surface area contributed by atoms with Crippen LogP contribution in [0.4, 0.5) is 6.01 Å². The number of likely N-dealkylation sites (N-methyl/N-ethyl adjacent to an activating group) is 1. The average molecular weight is 241 g/mol. The fourth-order valence-electron chi connectivity index (χ4n) is 1.47. The van der Waals surface area contributed by atoms with E-state index in [1.165, 1.54) is 0 Å². The van der Waals surface area contributed by atoms with Crippen molar-refractivity contribution in [3.8, 4) is 0 Å². The molecule has 1 rings (SSSR count). The van der Waals surface area contributed by atoms with Gasteiger partial charge in [0.2, 0.25) is 0 Å². The van der Waals surface area contributed by atoms with E-state index >= 15 is 0 Å². The molecule has 1 heterocycles. The summed E-state index contributed by atoms with van der Waals surface area (Å²) in [7, 11) is 3.65. The third-order valence-corrected chi connectivity index (χ3v) is 2.64. The van der Waals surface area contributed by atoms with Crippen molar-refractivity contribution in [3.05, 3.63) is 12.0 Å². The monoisotopic (exact) mass is 241 g/mol. The molecule has 0 saturated carbocycles. The van der Waals surface area contributed by atoms with E-state index in [2.05, 4.69) is 24.1 Å². The normalized spacial score (nSPS) is 12.7. The van der Waals surface area contributed by atoms with Gasteiger partial charge in [-0.05, 0) is 19.9 Å². The third-order valence-electron chi connectivity index (χ3n) is 2.64. The lowest BCUT2D eigenvalue weighted by Crippen LogP contribution is -2.32. The molecule has 98 valence electrons. The lowest BCUT2D eigenvalue weighted by Gasteiger charge is -2.21. The minimum atomic E-state index is 0.245. The summed E-state index contributed by atoms with van der Waals surface area (Å²) in [5, 5.41) is 3.29. The smallest absolute Gasteiger partial charge is 0.297 e. The maximum absolute atomic E-state index is 5.44. The molecule has 1 aromatic heterocycles. The van der Waals surface area contributed by atoms with E-state index in [1.54, 1.807) is 13.4 Å². The predicted molar refractivity (Wildman–Crippen MR) is 68.2 cm³/mol. The van der Waals surface area contributed by atoms with Crippen molar-refractivity contribution in [3.63, 3.8) is 0 Å². The van der Waals surface area contributed by atoms with E-state index in [4.69, 9.17) is 9.15 Å². The number of hydrogen-bond acceptors (Lipinski definition) is 5. The quantitative estimate of drug-likeness (QED) is 0.701. The molecule has 0 aliphatic carbocycles. The van der Waals surface area contributed by atoms with Gasteiger partial charge >= 0.3 is 0 Å². The molecule has 1 atom stereocenters. The Labute approximate surface area is 103 Å². The first-order valence-electron chi connectivity index (χ1n) is 6.06. The van der Waals surface area contributed by atoms with Crippen LogP contribution in [0.5, 0.6) is 0 Å². The molecule has 0 amide bonds. The third kappa shape index (κ3) is 4.36. The zero-order valence-electron chi connectivity index (χ0n) is 11.2. The molecular formula is C12H23N3O2. The summed E-state index contributed by atoms with van der Waals surface area (Å²) in [6, 6.07) is 0.887. The number of anilines is 1. The molecule has 0 bridgehead atoms. The Hall–Kier alpha value is -1.07. The van der Waals surface area contributed by atoms with Crippen molar-refractivity contribution in [1.29, 1.82) is 0 Å². The number of hydrogen-bond donors (Lipinski definition) is 1. The van der Waals surface area contributed by atoms with Gasteiger partial charge in [0.05, 0.1) is 18.3 Å². The molecule has 5 heteroatoms. The van der Waals surface area contributed by atoms with Gasteiger partial charge in [0.15, 0.2) is 0 Å². The highest BCUT2D eigenvalue weighted by Gasteiger charge is 2.14. The second-order valence-electron chi connectivity index (χ2n) is 4.21. The molecule has 0 saturated heterocycles. The van der Waals surface area contributed by atoms with Crippen LogP contribution in [0.1, 0.15) is 26.0 Å². The largest absolute Gasteiger partial charge is 0.432 e. The van der Waals surface area contributed by atoms with E-state index in [0.717, 1.165) is 25.2 Å². The molecule has 1 aromatic rings. The second-order valence-corrected chi connectivity index (χ2v) is 4.21. The molecule has 17 heavy (non-hydrogen) atoms. The second kappa shape index (κ2) is 7.29. The Bertz CT molecular complexity index is 314. The number of nitrogens with zero attached hydrogens (tertiary/aromatic N) is 2. The van der Waals surface area contributed by atoms with E-state index in [1.807, 2.05) is 11.9 Å². The highest BCUT2D eigenvalue weighted by molar-refractivity contribution is 5.27. The number of oxazole rings is 1. The van der Waals surface area contributed by atoms with Gasteiger partial charge in [0.25, 0.3) is 6.01 Å². The van der Waals surface area contributed by atoms with Crippen molar-refractivity contribution in [2.24, 2.45) is 0 Å². The summed E-state index contributed by atoms with van der Waals surface area (Å²) in [5.74, 6) is 0. The highest BCUT2D eigenvalue weighted by atomic mass is 16.5. The minimum absolute atomic E-state index is 0.245. The summed E-state index contributed by atoms with van der Waals surface area (Å²) in [6.07, 6.45) is 2.82. The first-order valence-corrected chi connectivity index (χ1v) is 6.06. The van der Waals surface area contributed by atoms with Crippen LogP contribution in [0.2, 0.25) is 0 Å². The summed E-state index contributed by atoms with van der Waals surface area (Å²) < 4.78 is 10.6. The van der Waals surface area contributed by atoms with E-state index in [0.29, 0.717) is 12.6 Å². The lowest BCUT2D eigenvalue weighted by atomic mass is 10.3. The molecule has 0 aliphatic rings. The van der Waals surface area contributed by atoms with Gasteiger partial charge in [-0.25, -0.2) is 0 Å². The lowest BCUT2D eigenvalue weighted by molar-refractivity contribution is 0.181. The standard InChI is InChI=1S/C12H23N3O2/c1-5-6-13-7-11-9-17-12(14-11)15(3)10(2)8-16-4/h9-10,13H,5-8H2,1-4H3. The van der Waals surface area contributed by atoms with Crippen LogP contribution in [0, 0.1) is 0 Å². The number of ether oxygens (including phenoxy) is 1. The summed E-state index contributed by atoms with van der Waals surface area (Å²) >= 11 is 0. The molecule has 0 aliphatic heterocycles. The fraction of sp³-hybridized carbons (Fsp3) is 0.750. The molecular weight excluding hydrogens is 218 g/mol. The topological polar surface area (TPSA) is 50.5 Å². The van der Waals surface area contributed by atoms with E-state index in [-0.39, 0.29) is 6.04 Å². The highest BCUT2D eigenvalue weighted by Crippen LogP contribution is 2.14. The fourth-order valence-corrected chi connectivity index (χ4v) is 1.47. The number of aromatic nitrogens is 1. The van der Waals surface area contributed by atoms with Crippen molar-refractivity contribution in [2.45, 2.75) is 32.9 Å². The van der Waals surface area contributed by atoms with Crippen molar-refractivity contribution < 1.29 is 9.15 Å². The molecule has 0 radical (unpaired) electrons. The Morgan fingerprint density at radius 3 is 3.00 bits per heavy atom. The minimum Gasteiger partial charge on any atom is -0.432 e. The molecule has 5 nitrogen and oxygen atoms in total. The zero-order valence-corrected chi connectivity index (χ0v) is 11.2. The molecule has 0 aromatic carbocycles. The van der Waals surface area contributed by atoms with Gasteiger partial charge in [0.1, 0.15) is 6.26 Å². The van der Waals surface area contributed by atoms with Gasteiger partial charge in [-0.15, -0.1) is 0 Å². The Morgan fingerprint density at radius 1 is 1.59 bits per heavy atom. The SMILES string of the molecule is CCCNCc1coc(N(C)C(C)COC)n1. The Balaban J connectivity index is 2.48. The summed E-state index contributed by atoms with van der Waals surface area (Å²) in [5.41, 5.74) is 0.935. The van der Waals surface area contributed by atoms with Crippen molar-refractivity contribution in [2.75, 3.05) is 32.2 Å². The first-order chi connectivity index (χ1) is 8.19. The van der Waals surface area contributed by atoms with E-state index in [9.17, 15) is 0 Å². The van der Waals surface area contributed by atoms with Gasteiger partial charge in [-0.2, -0.15) is 4.98 Å². The van der Waals surface area contributed by atoms with Gasteiger partial charge in [-0.1, -0.05) is 6.92 Å². The van der Waals surface area contributed by atoms with Gasteiger partial charge < -0.3 is 19.4 Å². The van der Waals surface area contributed by atoms with Crippen molar-refractivity contribution in [1.82, 2.24) is 10.3 Å². The van der Waals surface area contributed by atoms with E-state index < -0.39 is 0 Å². The number of methoxy groups -OCH3 is 1. The number of rotatable bonds is 8. The predicted octanol–water partition coefficient (Wildman–Crippen LogP) is 1.65. The first kappa shape index (κ1) is 14.0. The zero-order chi connectivity index (χ0) is 12.7. The van der Waals surface area contributed by atoms with Crippen LogP contribution < -0.4 is 10.2 Å². The van der Waals surface area contributed by atoms with Crippen LogP contribution in [-0.4, -0.2) is 38.3 Å². The molecule has 1 N–H and O–H groups in total. The Morgan fingerprint density at radius 2 is 2.35 bits per heavy atom. The maximum atomic E-state index is 5.44.